The molecule has 0 saturated carbocycles. The molecule has 0 radical (unpaired) electrons. The van der Waals surface area contributed by atoms with Crippen LogP contribution in [0.15, 0.2) is 29.2 Å². The van der Waals surface area contributed by atoms with Crippen molar-refractivity contribution in [1.29, 1.82) is 0 Å². The molecule has 0 aliphatic heterocycles. The number of aliphatic hydroxyl groups is 1. The summed E-state index contributed by atoms with van der Waals surface area (Å²) in [5, 5.41) is 9.43. The van der Waals surface area contributed by atoms with Gasteiger partial charge in [0.2, 0.25) is 10.0 Å². The quantitative estimate of drug-likeness (QED) is 0.868. The van der Waals surface area contributed by atoms with Crippen LogP contribution < -0.4 is 4.72 Å². The summed E-state index contributed by atoms with van der Waals surface area (Å²) in [6.45, 7) is 6.94. The number of benzene rings is 1. The molecule has 1 rings (SSSR count). The van der Waals surface area contributed by atoms with Crippen LogP contribution in [0, 0.1) is 0 Å². The molecule has 0 saturated heterocycles. The molecule has 1 aromatic rings. The van der Waals surface area contributed by atoms with Crippen molar-refractivity contribution < 1.29 is 13.5 Å². The Morgan fingerprint density at radius 1 is 1.29 bits per heavy atom. The van der Waals surface area contributed by atoms with Gasteiger partial charge >= 0.3 is 0 Å². The number of nitrogens with one attached hydrogen (secondary N) is 1. The van der Waals surface area contributed by atoms with Crippen LogP contribution in [0.5, 0.6) is 0 Å². The van der Waals surface area contributed by atoms with Crippen molar-refractivity contribution in [2.45, 2.75) is 44.2 Å². The van der Waals surface area contributed by atoms with E-state index in [-0.39, 0.29) is 4.90 Å². The fourth-order valence-electron chi connectivity index (χ4n) is 1.40. The van der Waals surface area contributed by atoms with Crippen molar-refractivity contribution in [1.82, 2.24) is 4.72 Å². The molecule has 0 amide bonds. The topological polar surface area (TPSA) is 66.4 Å². The zero-order valence-electron chi connectivity index (χ0n) is 10.6. The molecular weight excluding hydrogens is 238 g/mol. The van der Waals surface area contributed by atoms with Gasteiger partial charge in [-0.15, -0.1) is 0 Å². The lowest BCUT2D eigenvalue weighted by atomic mass is 10.1. The molecule has 1 unspecified atom stereocenters. The Kier molecular flexibility index (Phi) is 3.96. The van der Waals surface area contributed by atoms with Gasteiger partial charge in [-0.25, -0.2) is 13.1 Å². The van der Waals surface area contributed by atoms with E-state index >= 15 is 0 Å². The summed E-state index contributed by atoms with van der Waals surface area (Å²) in [7, 11) is -3.54. The van der Waals surface area contributed by atoms with Crippen LogP contribution in [0.25, 0.3) is 0 Å². The molecule has 0 aliphatic carbocycles. The Morgan fingerprint density at radius 2 is 1.88 bits per heavy atom. The third-order valence-corrected chi connectivity index (χ3v) is 3.85. The van der Waals surface area contributed by atoms with E-state index < -0.39 is 21.7 Å². The first-order valence-electron chi connectivity index (χ1n) is 5.44. The third-order valence-electron chi connectivity index (χ3n) is 2.09. The minimum atomic E-state index is -3.54. The molecule has 2 N–H and O–H groups in total. The van der Waals surface area contributed by atoms with E-state index in [4.69, 9.17) is 0 Å². The number of hydrogen-bond acceptors (Lipinski definition) is 3. The molecule has 17 heavy (non-hydrogen) atoms. The van der Waals surface area contributed by atoms with Crippen LogP contribution in [0.2, 0.25) is 0 Å². The van der Waals surface area contributed by atoms with Gasteiger partial charge in [-0.3, -0.25) is 0 Å². The molecule has 0 fully saturated rings. The molecule has 1 atom stereocenters. The average Bonchev–Trinajstić information content (AvgIpc) is 2.14. The van der Waals surface area contributed by atoms with E-state index in [1.54, 1.807) is 39.8 Å². The van der Waals surface area contributed by atoms with Crippen LogP contribution in [0.1, 0.15) is 39.4 Å². The molecule has 0 bridgehead atoms. The second-order valence-corrected chi connectivity index (χ2v) is 6.79. The normalized spacial score (nSPS) is 14.6. The molecular formula is C12H19NO3S. The van der Waals surface area contributed by atoms with Gasteiger partial charge in [-0.1, -0.05) is 12.1 Å². The van der Waals surface area contributed by atoms with Crippen LogP contribution in [0.3, 0.4) is 0 Å². The van der Waals surface area contributed by atoms with Crippen molar-refractivity contribution >= 4 is 10.0 Å². The van der Waals surface area contributed by atoms with Gasteiger partial charge in [0.1, 0.15) is 0 Å². The molecule has 0 aromatic heterocycles. The Labute approximate surface area is 103 Å². The Balaban J connectivity index is 3.12. The van der Waals surface area contributed by atoms with Crippen LogP contribution in [-0.2, 0) is 10.0 Å². The summed E-state index contributed by atoms with van der Waals surface area (Å²) in [5.74, 6) is 0. The van der Waals surface area contributed by atoms with Crippen molar-refractivity contribution in [3.05, 3.63) is 29.8 Å². The predicted octanol–water partition coefficient (Wildman–Crippen LogP) is 1.82. The SMILES string of the molecule is CC(O)c1cccc(S(=O)(=O)NC(C)(C)C)c1. The molecule has 0 heterocycles. The summed E-state index contributed by atoms with van der Waals surface area (Å²) in [6.07, 6.45) is -0.681. The average molecular weight is 257 g/mol. The molecule has 5 heteroatoms. The fraction of sp³-hybridized carbons (Fsp3) is 0.500. The van der Waals surface area contributed by atoms with Crippen molar-refractivity contribution in [3.8, 4) is 0 Å². The van der Waals surface area contributed by atoms with Gasteiger partial charge in [0.15, 0.2) is 0 Å². The summed E-state index contributed by atoms with van der Waals surface area (Å²) in [6, 6.07) is 6.32. The third kappa shape index (κ3) is 4.11. The first kappa shape index (κ1) is 14.2. The van der Waals surface area contributed by atoms with Gasteiger partial charge < -0.3 is 5.11 Å². The van der Waals surface area contributed by atoms with E-state index in [0.29, 0.717) is 5.56 Å². The maximum Gasteiger partial charge on any atom is 0.241 e. The largest absolute Gasteiger partial charge is 0.389 e. The highest BCUT2D eigenvalue weighted by molar-refractivity contribution is 7.89. The van der Waals surface area contributed by atoms with E-state index in [1.165, 1.54) is 12.1 Å². The van der Waals surface area contributed by atoms with Crippen molar-refractivity contribution in [2.75, 3.05) is 0 Å². The van der Waals surface area contributed by atoms with Crippen LogP contribution in [-0.4, -0.2) is 19.1 Å². The fourth-order valence-corrected chi connectivity index (χ4v) is 2.88. The molecule has 96 valence electrons. The maximum atomic E-state index is 12.0. The van der Waals surface area contributed by atoms with Gasteiger partial charge in [-0.05, 0) is 45.4 Å². The first-order chi connectivity index (χ1) is 7.62. The lowest BCUT2D eigenvalue weighted by Gasteiger charge is -2.20. The minimum Gasteiger partial charge on any atom is -0.389 e. The number of sulfonamides is 1. The lowest BCUT2D eigenvalue weighted by molar-refractivity contribution is 0.199. The van der Waals surface area contributed by atoms with E-state index in [9.17, 15) is 13.5 Å². The second kappa shape index (κ2) is 4.76. The zero-order chi connectivity index (χ0) is 13.3. The standard InChI is InChI=1S/C12H19NO3S/c1-9(14)10-6-5-7-11(8-10)17(15,16)13-12(2,3)4/h5-9,13-14H,1-4H3. The predicted molar refractivity (Wildman–Crippen MR) is 67.2 cm³/mol. The summed E-state index contributed by atoms with van der Waals surface area (Å²) >= 11 is 0. The van der Waals surface area contributed by atoms with Gasteiger partial charge in [-0.2, -0.15) is 0 Å². The Hall–Kier alpha value is -0.910. The highest BCUT2D eigenvalue weighted by Crippen LogP contribution is 2.18. The summed E-state index contributed by atoms with van der Waals surface area (Å²) in [5.41, 5.74) is 0.0569. The summed E-state index contributed by atoms with van der Waals surface area (Å²) < 4.78 is 26.6. The molecule has 0 aliphatic rings. The highest BCUT2D eigenvalue weighted by Gasteiger charge is 2.22. The smallest absolute Gasteiger partial charge is 0.241 e. The minimum absolute atomic E-state index is 0.172. The molecule has 1 aromatic carbocycles. The van der Waals surface area contributed by atoms with Crippen LogP contribution in [0.4, 0.5) is 0 Å². The maximum absolute atomic E-state index is 12.0. The summed E-state index contributed by atoms with van der Waals surface area (Å²) in [4.78, 5) is 0.172. The number of rotatable bonds is 3. The van der Waals surface area contributed by atoms with Gasteiger partial charge in [0.25, 0.3) is 0 Å². The number of aliphatic hydroxyl groups excluding tert-OH is 1. The van der Waals surface area contributed by atoms with Crippen molar-refractivity contribution in [3.63, 3.8) is 0 Å². The highest BCUT2D eigenvalue weighted by atomic mass is 32.2. The first-order valence-corrected chi connectivity index (χ1v) is 6.92. The lowest BCUT2D eigenvalue weighted by Crippen LogP contribution is -2.40. The van der Waals surface area contributed by atoms with E-state index in [2.05, 4.69) is 4.72 Å². The van der Waals surface area contributed by atoms with Gasteiger partial charge in [0.05, 0.1) is 11.0 Å². The van der Waals surface area contributed by atoms with Crippen LogP contribution >= 0.6 is 0 Å². The second-order valence-electron chi connectivity index (χ2n) is 5.10. The zero-order valence-corrected chi connectivity index (χ0v) is 11.4. The Bertz CT molecular complexity index is 487. The van der Waals surface area contributed by atoms with E-state index in [0.717, 1.165) is 0 Å². The molecule has 0 spiro atoms. The molecule has 4 nitrogen and oxygen atoms in total. The number of hydrogen-bond donors (Lipinski definition) is 2. The van der Waals surface area contributed by atoms with Crippen molar-refractivity contribution in [2.24, 2.45) is 0 Å². The van der Waals surface area contributed by atoms with E-state index in [1.807, 2.05) is 0 Å². The van der Waals surface area contributed by atoms with Gasteiger partial charge in [0, 0.05) is 5.54 Å². The monoisotopic (exact) mass is 257 g/mol. The Morgan fingerprint density at radius 3 is 2.35 bits per heavy atom.